The predicted molar refractivity (Wildman–Crippen MR) is 62.4 cm³/mol. The summed E-state index contributed by atoms with van der Waals surface area (Å²) in [7, 11) is 1.52. The van der Waals surface area contributed by atoms with Crippen LogP contribution in [-0.4, -0.2) is 18.0 Å². The van der Waals surface area contributed by atoms with E-state index < -0.39 is 5.41 Å². The Hall–Kier alpha value is -0.983. The molecule has 0 fully saturated rings. The van der Waals surface area contributed by atoms with E-state index in [0.29, 0.717) is 11.6 Å². The van der Waals surface area contributed by atoms with E-state index in [0.717, 1.165) is 5.69 Å². The van der Waals surface area contributed by atoms with Crippen molar-refractivity contribution < 1.29 is 28.4 Å². The average Bonchev–Trinajstić information content (AvgIpc) is 2.19. The summed E-state index contributed by atoms with van der Waals surface area (Å²) in [5.74, 6) is 0.297. The van der Waals surface area contributed by atoms with E-state index in [1.807, 2.05) is 27.7 Å². The Morgan fingerprint density at radius 3 is 2.53 bits per heavy atom. The topological polar surface area (TPSA) is 51.2 Å². The van der Waals surface area contributed by atoms with Crippen molar-refractivity contribution in [2.24, 2.45) is 5.41 Å². The fraction of sp³-hybridized carbons (Fsp3) is 0.500. The van der Waals surface area contributed by atoms with Gasteiger partial charge in [0, 0.05) is 5.41 Å². The number of carbonyl (C=O) groups excluding carboxylic acids is 1. The van der Waals surface area contributed by atoms with Crippen molar-refractivity contribution in [2.75, 3.05) is 12.4 Å². The summed E-state index contributed by atoms with van der Waals surface area (Å²) in [6.45, 7) is 7.37. The summed E-state index contributed by atoms with van der Waals surface area (Å²) in [6.07, 6.45) is 0. The van der Waals surface area contributed by atoms with Crippen LogP contribution in [0.15, 0.2) is 6.07 Å². The first kappa shape index (κ1) is 16.0. The number of nitrogens with one attached hydrogen (secondary N) is 1. The second-order valence-electron chi connectivity index (χ2n) is 4.63. The second-order valence-corrected chi connectivity index (χ2v) is 4.63. The molecule has 0 spiro atoms. The standard InChI is InChI=1S/C12H17N2O2.Li/c1-8-6-7-9(10(13-8)16-5)14-11(15)12(2,3)4;/h6H,1-5H3,(H,14,15);/q-1;+1. The molecule has 0 aliphatic heterocycles. The van der Waals surface area contributed by atoms with Crippen LogP contribution in [0.2, 0.25) is 0 Å². The zero-order chi connectivity index (χ0) is 12.3. The van der Waals surface area contributed by atoms with Crippen LogP contribution in [0.4, 0.5) is 5.69 Å². The van der Waals surface area contributed by atoms with Gasteiger partial charge < -0.3 is 15.0 Å². The number of pyridine rings is 1. The predicted octanol–water partition coefficient (Wildman–Crippen LogP) is -0.813. The SMILES string of the molecule is COc1nc(C)c[c-]c1NC(=O)C(C)(C)C.[Li+]. The fourth-order valence-electron chi connectivity index (χ4n) is 1.02. The summed E-state index contributed by atoms with van der Waals surface area (Å²) in [4.78, 5) is 15.9. The van der Waals surface area contributed by atoms with Crippen LogP contribution in [0.25, 0.3) is 0 Å². The summed E-state index contributed by atoms with van der Waals surface area (Å²) in [5, 5.41) is 2.75. The number of hydrogen-bond acceptors (Lipinski definition) is 3. The Bertz CT molecular complexity index is 400. The first-order chi connectivity index (χ1) is 7.34. The second kappa shape index (κ2) is 6.09. The Morgan fingerprint density at radius 2 is 2.06 bits per heavy atom. The van der Waals surface area contributed by atoms with E-state index in [9.17, 15) is 4.79 Å². The van der Waals surface area contributed by atoms with Gasteiger partial charge in [0.1, 0.15) is 5.88 Å². The maximum atomic E-state index is 11.8. The molecule has 0 saturated carbocycles. The van der Waals surface area contributed by atoms with Gasteiger partial charge in [0.05, 0.1) is 7.11 Å². The van der Waals surface area contributed by atoms with Crippen LogP contribution < -0.4 is 28.9 Å². The molecule has 0 aliphatic carbocycles. The molecule has 0 radical (unpaired) electrons. The van der Waals surface area contributed by atoms with Gasteiger partial charge in [-0.15, -0.1) is 0 Å². The van der Waals surface area contributed by atoms with Crippen LogP contribution in [-0.2, 0) is 4.79 Å². The number of ether oxygens (including phenoxy) is 1. The molecule has 17 heavy (non-hydrogen) atoms. The van der Waals surface area contributed by atoms with Crippen LogP contribution >= 0.6 is 0 Å². The van der Waals surface area contributed by atoms with Crippen molar-refractivity contribution in [3.05, 3.63) is 17.8 Å². The van der Waals surface area contributed by atoms with Gasteiger partial charge >= 0.3 is 18.9 Å². The Kier molecular flexibility index (Phi) is 5.74. The van der Waals surface area contributed by atoms with Crippen molar-refractivity contribution in [1.82, 2.24) is 4.98 Å². The smallest absolute Gasteiger partial charge is 0.536 e. The number of nitrogens with zero attached hydrogens (tertiary/aromatic N) is 1. The maximum absolute atomic E-state index is 11.8. The average molecular weight is 228 g/mol. The van der Waals surface area contributed by atoms with Gasteiger partial charge in [0.2, 0.25) is 5.91 Å². The van der Waals surface area contributed by atoms with E-state index >= 15 is 0 Å². The molecule has 0 aromatic carbocycles. The number of aryl methyl sites for hydroxylation is 1. The molecule has 1 rings (SSSR count). The molecule has 1 amide bonds. The van der Waals surface area contributed by atoms with Gasteiger partial charge in [-0.2, -0.15) is 12.1 Å². The van der Waals surface area contributed by atoms with Crippen LogP contribution in [0.3, 0.4) is 0 Å². The van der Waals surface area contributed by atoms with E-state index in [-0.39, 0.29) is 24.8 Å². The summed E-state index contributed by atoms with van der Waals surface area (Å²) >= 11 is 0. The first-order valence-corrected chi connectivity index (χ1v) is 5.09. The minimum Gasteiger partial charge on any atom is -0.536 e. The van der Waals surface area contributed by atoms with E-state index in [2.05, 4.69) is 16.4 Å². The molecule has 0 saturated heterocycles. The minimum absolute atomic E-state index is 0. The van der Waals surface area contributed by atoms with Gasteiger partial charge in [-0.05, 0) is 5.69 Å². The fourth-order valence-corrected chi connectivity index (χ4v) is 1.02. The summed E-state index contributed by atoms with van der Waals surface area (Å²) in [5.41, 5.74) is 0.822. The Balaban J connectivity index is 0.00000256. The van der Waals surface area contributed by atoms with Crippen molar-refractivity contribution in [3.63, 3.8) is 0 Å². The number of rotatable bonds is 2. The number of aromatic nitrogens is 1. The third-order valence-electron chi connectivity index (χ3n) is 2.03. The Labute approximate surface area is 114 Å². The molecule has 0 unspecified atom stereocenters. The quantitative estimate of drug-likeness (QED) is 0.532. The summed E-state index contributed by atoms with van der Waals surface area (Å²) in [6, 6.07) is 4.65. The third kappa shape index (κ3) is 4.41. The molecule has 1 N–H and O–H groups in total. The van der Waals surface area contributed by atoms with Crippen LogP contribution in [0.1, 0.15) is 26.5 Å². The molecule has 1 aromatic heterocycles. The largest absolute Gasteiger partial charge is 1.00 e. The van der Waals surface area contributed by atoms with Crippen molar-refractivity contribution in [2.45, 2.75) is 27.7 Å². The monoisotopic (exact) mass is 228 g/mol. The van der Waals surface area contributed by atoms with E-state index in [1.54, 1.807) is 6.07 Å². The number of amides is 1. The molecule has 0 aliphatic rings. The minimum atomic E-state index is -0.455. The Morgan fingerprint density at radius 1 is 1.47 bits per heavy atom. The molecular formula is C12H17LiN2O2. The molecule has 4 nitrogen and oxygen atoms in total. The number of methoxy groups -OCH3 is 1. The number of hydrogen-bond donors (Lipinski definition) is 1. The van der Waals surface area contributed by atoms with Gasteiger partial charge in [-0.1, -0.05) is 33.4 Å². The number of anilines is 1. The number of carbonyl (C=O) groups is 1. The van der Waals surface area contributed by atoms with E-state index in [1.165, 1.54) is 7.11 Å². The third-order valence-corrected chi connectivity index (χ3v) is 2.03. The maximum Gasteiger partial charge on any atom is 1.00 e. The first-order valence-electron chi connectivity index (χ1n) is 5.09. The molecular weight excluding hydrogens is 211 g/mol. The van der Waals surface area contributed by atoms with Gasteiger partial charge in [-0.3, -0.25) is 4.79 Å². The normalized spacial score (nSPS) is 10.4. The van der Waals surface area contributed by atoms with Crippen molar-refractivity contribution in [1.29, 1.82) is 0 Å². The van der Waals surface area contributed by atoms with Crippen molar-refractivity contribution >= 4 is 11.6 Å². The zero-order valence-corrected chi connectivity index (χ0v) is 11.3. The molecule has 88 valence electrons. The molecule has 5 heteroatoms. The van der Waals surface area contributed by atoms with Crippen LogP contribution in [0, 0.1) is 18.4 Å². The molecule has 0 bridgehead atoms. The molecule has 0 atom stereocenters. The van der Waals surface area contributed by atoms with E-state index in [4.69, 9.17) is 4.74 Å². The van der Waals surface area contributed by atoms with Gasteiger partial charge in [-0.25, -0.2) is 0 Å². The van der Waals surface area contributed by atoms with Crippen LogP contribution in [0.5, 0.6) is 5.88 Å². The van der Waals surface area contributed by atoms with Gasteiger partial charge in [0.15, 0.2) is 0 Å². The zero-order valence-electron chi connectivity index (χ0n) is 11.3. The van der Waals surface area contributed by atoms with Gasteiger partial charge in [0.25, 0.3) is 0 Å². The summed E-state index contributed by atoms with van der Waals surface area (Å²) < 4.78 is 5.08. The molecule has 1 aromatic rings. The molecule has 1 heterocycles. The van der Waals surface area contributed by atoms with Crippen molar-refractivity contribution in [3.8, 4) is 5.88 Å².